The van der Waals surface area contributed by atoms with Gasteiger partial charge in [0.2, 0.25) is 0 Å². The summed E-state index contributed by atoms with van der Waals surface area (Å²) in [7, 11) is 0. The quantitative estimate of drug-likeness (QED) is 0.840. The molecule has 0 radical (unpaired) electrons. The predicted octanol–water partition coefficient (Wildman–Crippen LogP) is 2.23. The lowest BCUT2D eigenvalue weighted by Gasteiger charge is -2.23. The first-order valence-corrected chi connectivity index (χ1v) is 6.24. The average Bonchev–Trinajstić information content (AvgIpc) is 2.26. The summed E-state index contributed by atoms with van der Waals surface area (Å²) in [6.45, 7) is 1.65. The van der Waals surface area contributed by atoms with Crippen LogP contribution in [0.5, 0.6) is 0 Å². The molecule has 0 spiro atoms. The molecule has 1 aliphatic rings. The highest BCUT2D eigenvalue weighted by atomic mass is 32.2. The topological polar surface area (TPSA) is 37.8 Å². The van der Waals surface area contributed by atoms with E-state index in [2.05, 4.69) is 15.3 Å². The molecule has 82 valence electrons. The first kappa shape index (κ1) is 10.7. The van der Waals surface area contributed by atoms with Crippen LogP contribution in [0.1, 0.15) is 18.5 Å². The summed E-state index contributed by atoms with van der Waals surface area (Å²) in [5, 5.41) is 3.14. The summed E-state index contributed by atoms with van der Waals surface area (Å²) >= 11 is 1.90. The Morgan fingerprint density at radius 1 is 1.53 bits per heavy atom. The maximum atomic E-state index is 13.6. The van der Waals surface area contributed by atoms with Crippen LogP contribution in [0.2, 0.25) is 0 Å². The monoisotopic (exact) mass is 227 g/mol. The van der Waals surface area contributed by atoms with E-state index in [9.17, 15) is 4.39 Å². The fourth-order valence-corrected chi connectivity index (χ4v) is 2.68. The van der Waals surface area contributed by atoms with Gasteiger partial charge in [0.25, 0.3) is 0 Å². The average molecular weight is 227 g/mol. The Balaban J connectivity index is 2.06. The molecule has 5 heteroatoms. The van der Waals surface area contributed by atoms with Crippen molar-refractivity contribution in [2.75, 3.05) is 16.8 Å². The van der Waals surface area contributed by atoms with E-state index in [0.717, 1.165) is 12.2 Å². The van der Waals surface area contributed by atoms with Gasteiger partial charge in [0, 0.05) is 11.8 Å². The first-order valence-electron chi connectivity index (χ1n) is 5.09. The largest absolute Gasteiger partial charge is 0.364 e. The fourth-order valence-electron chi connectivity index (χ4n) is 1.61. The van der Waals surface area contributed by atoms with E-state index < -0.39 is 0 Å². The number of hydrogen-bond acceptors (Lipinski definition) is 4. The zero-order valence-electron chi connectivity index (χ0n) is 8.66. The zero-order chi connectivity index (χ0) is 10.7. The molecule has 15 heavy (non-hydrogen) atoms. The minimum absolute atomic E-state index is 0.326. The second kappa shape index (κ2) is 4.79. The molecule has 1 aromatic heterocycles. The molecule has 2 rings (SSSR count). The Labute approximate surface area is 92.9 Å². The lowest BCUT2D eigenvalue weighted by atomic mass is 10.2. The highest BCUT2D eigenvalue weighted by molar-refractivity contribution is 7.99. The molecule has 1 unspecified atom stereocenters. The molecule has 1 fully saturated rings. The molecule has 1 aliphatic heterocycles. The number of nitrogens with one attached hydrogen (secondary N) is 1. The number of halogens is 1. The summed E-state index contributed by atoms with van der Waals surface area (Å²) in [4.78, 5) is 7.73. The number of aromatic nitrogens is 2. The van der Waals surface area contributed by atoms with Gasteiger partial charge < -0.3 is 5.32 Å². The van der Waals surface area contributed by atoms with Crippen LogP contribution in [-0.2, 0) is 0 Å². The third-order valence-corrected chi connectivity index (χ3v) is 3.68. The van der Waals surface area contributed by atoms with Gasteiger partial charge in [-0.05, 0) is 25.5 Å². The minimum atomic E-state index is -0.326. The summed E-state index contributed by atoms with van der Waals surface area (Å²) < 4.78 is 13.6. The fraction of sp³-hybridized carbons (Fsp3) is 0.600. The Morgan fingerprint density at radius 2 is 2.40 bits per heavy atom. The normalized spacial score (nSPS) is 21.3. The van der Waals surface area contributed by atoms with E-state index in [4.69, 9.17) is 0 Å². The van der Waals surface area contributed by atoms with Crippen LogP contribution in [0.25, 0.3) is 0 Å². The van der Waals surface area contributed by atoms with Crippen molar-refractivity contribution in [2.45, 2.75) is 25.8 Å². The summed E-state index contributed by atoms with van der Waals surface area (Å²) in [5.74, 6) is 2.26. The van der Waals surface area contributed by atoms with Crippen molar-refractivity contribution in [2.24, 2.45) is 0 Å². The molecule has 0 bridgehead atoms. The van der Waals surface area contributed by atoms with Crippen LogP contribution in [0.15, 0.2) is 6.33 Å². The molecule has 1 saturated heterocycles. The molecule has 1 aromatic rings. The number of anilines is 1. The van der Waals surface area contributed by atoms with Crippen LogP contribution in [0.4, 0.5) is 10.2 Å². The Kier molecular flexibility index (Phi) is 3.41. The molecular weight excluding hydrogens is 213 g/mol. The second-order valence-electron chi connectivity index (χ2n) is 3.68. The van der Waals surface area contributed by atoms with Crippen LogP contribution in [0.3, 0.4) is 0 Å². The first-order chi connectivity index (χ1) is 7.27. The van der Waals surface area contributed by atoms with E-state index >= 15 is 0 Å². The van der Waals surface area contributed by atoms with Gasteiger partial charge in [-0.3, -0.25) is 0 Å². The summed E-state index contributed by atoms with van der Waals surface area (Å²) in [5.41, 5.74) is 0.399. The number of hydrogen-bond donors (Lipinski definition) is 1. The predicted molar refractivity (Wildman–Crippen MR) is 60.7 cm³/mol. The van der Waals surface area contributed by atoms with Crippen molar-refractivity contribution in [1.29, 1.82) is 0 Å². The van der Waals surface area contributed by atoms with Gasteiger partial charge >= 0.3 is 0 Å². The zero-order valence-corrected chi connectivity index (χ0v) is 9.48. The summed E-state index contributed by atoms with van der Waals surface area (Å²) in [6, 6.07) is 0.340. The second-order valence-corrected chi connectivity index (χ2v) is 4.83. The molecule has 0 saturated carbocycles. The van der Waals surface area contributed by atoms with Gasteiger partial charge in [-0.2, -0.15) is 11.8 Å². The van der Waals surface area contributed by atoms with E-state index in [1.807, 2.05) is 11.8 Å². The van der Waals surface area contributed by atoms with Gasteiger partial charge in [0.1, 0.15) is 6.33 Å². The van der Waals surface area contributed by atoms with E-state index in [1.165, 1.54) is 18.5 Å². The maximum absolute atomic E-state index is 13.6. The minimum Gasteiger partial charge on any atom is -0.364 e. The highest BCUT2D eigenvalue weighted by Crippen LogP contribution is 2.21. The van der Waals surface area contributed by atoms with Crippen LogP contribution >= 0.6 is 11.8 Å². The number of nitrogens with zero attached hydrogens (tertiary/aromatic N) is 2. The summed E-state index contributed by atoms with van der Waals surface area (Å²) in [6.07, 6.45) is 3.68. The third kappa shape index (κ3) is 2.59. The van der Waals surface area contributed by atoms with Gasteiger partial charge in [0.05, 0.1) is 5.69 Å². The van der Waals surface area contributed by atoms with Gasteiger partial charge in [-0.25, -0.2) is 14.4 Å². The SMILES string of the molecule is Cc1ncnc(NC2CCCSC2)c1F. The molecule has 1 atom stereocenters. The smallest absolute Gasteiger partial charge is 0.186 e. The molecular formula is C10H14FN3S. The molecule has 0 aliphatic carbocycles. The van der Waals surface area contributed by atoms with E-state index in [0.29, 0.717) is 17.6 Å². The Morgan fingerprint density at radius 3 is 3.13 bits per heavy atom. The van der Waals surface area contributed by atoms with Gasteiger partial charge in [0.15, 0.2) is 11.6 Å². The molecule has 2 heterocycles. The van der Waals surface area contributed by atoms with Crippen molar-refractivity contribution in [3.05, 3.63) is 17.8 Å². The number of rotatable bonds is 2. The molecule has 3 nitrogen and oxygen atoms in total. The van der Waals surface area contributed by atoms with Crippen molar-refractivity contribution in [1.82, 2.24) is 9.97 Å². The Hall–Kier alpha value is -0.840. The van der Waals surface area contributed by atoms with Crippen molar-refractivity contribution in [3.63, 3.8) is 0 Å². The van der Waals surface area contributed by atoms with Gasteiger partial charge in [-0.1, -0.05) is 0 Å². The van der Waals surface area contributed by atoms with E-state index in [1.54, 1.807) is 6.92 Å². The van der Waals surface area contributed by atoms with Crippen molar-refractivity contribution < 1.29 is 4.39 Å². The van der Waals surface area contributed by atoms with Crippen molar-refractivity contribution in [3.8, 4) is 0 Å². The standard InChI is InChI=1S/C10H14FN3S/c1-7-9(11)10(13-6-12-7)14-8-3-2-4-15-5-8/h6,8H,2-5H2,1H3,(H,12,13,14). The molecule has 0 amide bonds. The lowest BCUT2D eigenvalue weighted by Crippen LogP contribution is -2.27. The Bertz CT molecular complexity index is 339. The van der Waals surface area contributed by atoms with Crippen LogP contribution in [0, 0.1) is 12.7 Å². The van der Waals surface area contributed by atoms with Crippen LogP contribution in [-0.4, -0.2) is 27.5 Å². The van der Waals surface area contributed by atoms with E-state index in [-0.39, 0.29) is 5.82 Å². The van der Waals surface area contributed by atoms with Gasteiger partial charge in [-0.15, -0.1) is 0 Å². The maximum Gasteiger partial charge on any atom is 0.186 e. The highest BCUT2D eigenvalue weighted by Gasteiger charge is 2.16. The molecule has 0 aromatic carbocycles. The van der Waals surface area contributed by atoms with Crippen LogP contribution < -0.4 is 5.32 Å². The van der Waals surface area contributed by atoms with Crippen molar-refractivity contribution >= 4 is 17.6 Å². The lowest BCUT2D eigenvalue weighted by molar-refractivity contribution is 0.595. The third-order valence-electron chi connectivity index (χ3n) is 2.46. The number of aryl methyl sites for hydroxylation is 1. The molecule has 1 N–H and O–H groups in total. The number of thioether (sulfide) groups is 1.